The highest BCUT2D eigenvalue weighted by molar-refractivity contribution is 7.92. The smallest absolute Gasteiger partial charge is 0.263 e. The van der Waals surface area contributed by atoms with Crippen LogP contribution in [0.25, 0.3) is 0 Å². The van der Waals surface area contributed by atoms with Crippen molar-refractivity contribution in [3.8, 4) is 0 Å². The topological polar surface area (TPSA) is 79.4 Å². The molecule has 2 aromatic carbocycles. The number of amides is 1. The first-order chi connectivity index (χ1) is 13.8. The lowest BCUT2D eigenvalue weighted by Gasteiger charge is -2.18. The summed E-state index contributed by atoms with van der Waals surface area (Å²) in [6, 6.07) is 14.0. The third-order valence-electron chi connectivity index (χ3n) is 4.08. The van der Waals surface area contributed by atoms with Crippen LogP contribution < -0.4 is 4.72 Å². The van der Waals surface area contributed by atoms with Crippen molar-refractivity contribution in [2.45, 2.75) is 11.4 Å². The van der Waals surface area contributed by atoms with Crippen LogP contribution in [0.5, 0.6) is 0 Å². The highest BCUT2D eigenvalue weighted by Gasteiger charge is 2.22. The van der Waals surface area contributed by atoms with E-state index in [0.29, 0.717) is 17.3 Å². The minimum Gasteiger partial charge on any atom is -0.337 e. The van der Waals surface area contributed by atoms with E-state index in [1.165, 1.54) is 35.2 Å². The van der Waals surface area contributed by atoms with Gasteiger partial charge in [0.1, 0.15) is 4.90 Å². The van der Waals surface area contributed by atoms with Gasteiger partial charge in [-0.15, -0.1) is 0 Å². The summed E-state index contributed by atoms with van der Waals surface area (Å²) >= 11 is 11.9. The Morgan fingerprint density at radius 3 is 2.34 bits per heavy atom. The predicted molar refractivity (Wildman–Crippen MR) is 114 cm³/mol. The largest absolute Gasteiger partial charge is 0.337 e. The zero-order chi connectivity index (χ0) is 21.0. The first kappa shape index (κ1) is 21.1. The van der Waals surface area contributed by atoms with Gasteiger partial charge in [-0.1, -0.05) is 23.2 Å². The molecule has 0 aliphatic rings. The molecule has 3 aromatic rings. The second-order valence-corrected chi connectivity index (χ2v) is 8.77. The molecule has 1 N–H and O–H groups in total. The van der Waals surface area contributed by atoms with Crippen molar-refractivity contribution in [2.24, 2.45) is 0 Å². The average Bonchev–Trinajstić information content (AvgIpc) is 2.70. The van der Waals surface area contributed by atoms with Crippen LogP contribution in [0.1, 0.15) is 15.9 Å². The molecule has 0 atom stereocenters. The van der Waals surface area contributed by atoms with Crippen LogP contribution in [0.15, 0.2) is 71.9 Å². The lowest BCUT2D eigenvalue weighted by atomic mass is 10.2. The quantitative estimate of drug-likeness (QED) is 0.602. The lowest BCUT2D eigenvalue weighted by Crippen LogP contribution is -2.26. The first-order valence-electron chi connectivity index (χ1n) is 8.48. The van der Waals surface area contributed by atoms with Gasteiger partial charge in [-0.3, -0.25) is 14.5 Å². The van der Waals surface area contributed by atoms with Crippen molar-refractivity contribution in [1.82, 2.24) is 9.88 Å². The highest BCUT2D eigenvalue weighted by Crippen LogP contribution is 2.26. The summed E-state index contributed by atoms with van der Waals surface area (Å²) in [6.07, 6.45) is 3.28. The monoisotopic (exact) mass is 449 g/mol. The van der Waals surface area contributed by atoms with Gasteiger partial charge in [0.25, 0.3) is 15.9 Å². The maximum atomic E-state index is 12.8. The molecule has 6 nitrogen and oxygen atoms in total. The molecule has 0 radical (unpaired) electrons. The number of pyridine rings is 1. The van der Waals surface area contributed by atoms with E-state index in [4.69, 9.17) is 23.2 Å². The van der Waals surface area contributed by atoms with Crippen molar-refractivity contribution >= 4 is 44.8 Å². The van der Waals surface area contributed by atoms with Gasteiger partial charge in [0.05, 0.1) is 5.02 Å². The molecule has 0 unspecified atom stereocenters. The number of sulfonamides is 1. The second kappa shape index (κ2) is 8.82. The Morgan fingerprint density at radius 2 is 1.69 bits per heavy atom. The molecular formula is C20H17Cl2N3O3S. The number of hydrogen-bond donors (Lipinski definition) is 1. The van der Waals surface area contributed by atoms with E-state index in [0.717, 1.165) is 5.56 Å². The maximum absolute atomic E-state index is 12.8. The van der Waals surface area contributed by atoms with Crippen LogP contribution in [0.4, 0.5) is 5.69 Å². The van der Waals surface area contributed by atoms with Crippen molar-refractivity contribution in [1.29, 1.82) is 0 Å². The fourth-order valence-electron chi connectivity index (χ4n) is 2.62. The van der Waals surface area contributed by atoms with Crippen LogP contribution in [0.2, 0.25) is 10.0 Å². The van der Waals surface area contributed by atoms with Crippen molar-refractivity contribution in [3.63, 3.8) is 0 Å². The Hall–Kier alpha value is -2.61. The van der Waals surface area contributed by atoms with E-state index in [1.54, 1.807) is 43.7 Å². The summed E-state index contributed by atoms with van der Waals surface area (Å²) in [5.41, 5.74) is 1.45. The van der Waals surface area contributed by atoms with E-state index < -0.39 is 10.0 Å². The fraction of sp³-hybridized carbons (Fsp3) is 0.100. The van der Waals surface area contributed by atoms with Gasteiger partial charge in [-0.2, -0.15) is 0 Å². The minimum absolute atomic E-state index is 0.0137. The second-order valence-electron chi connectivity index (χ2n) is 6.27. The van der Waals surface area contributed by atoms with Gasteiger partial charge in [-0.25, -0.2) is 8.42 Å². The molecule has 1 aromatic heterocycles. The van der Waals surface area contributed by atoms with Gasteiger partial charge in [-0.05, 0) is 60.2 Å². The molecule has 0 saturated heterocycles. The maximum Gasteiger partial charge on any atom is 0.263 e. The predicted octanol–water partition coefficient (Wildman–Crippen LogP) is 4.46. The van der Waals surface area contributed by atoms with Gasteiger partial charge < -0.3 is 4.90 Å². The number of aromatic nitrogens is 1. The van der Waals surface area contributed by atoms with E-state index in [1.807, 2.05) is 0 Å². The number of rotatable bonds is 6. The van der Waals surface area contributed by atoms with Crippen LogP contribution in [0, 0.1) is 0 Å². The molecule has 0 fully saturated rings. The van der Waals surface area contributed by atoms with Crippen LogP contribution in [-0.2, 0) is 16.6 Å². The number of halogens is 2. The lowest BCUT2D eigenvalue weighted by molar-refractivity contribution is 0.0785. The van der Waals surface area contributed by atoms with E-state index >= 15 is 0 Å². The molecule has 0 spiro atoms. The summed E-state index contributed by atoms with van der Waals surface area (Å²) in [5, 5.41) is 0.496. The summed E-state index contributed by atoms with van der Waals surface area (Å²) in [7, 11) is -2.37. The molecule has 150 valence electrons. The summed E-state index contributed by atoms with van der Waals surface area (Å²) < 4.78 is 28.0. The molecule has 0 aliphatic heterocycles. The zero-order valence-electron chi connectivity index (χ0n) is 15.3. The SMILES string of the molecule is CN(Cc1ccncc1)C(=O)c1ccc(Cl)c(S(=O)(=O)Nc2ccc(Cl)cc2)c1. The Kier molecular flexibility index (Phi) is 6.42. The summed E-state index contributed by atoms with van der Waals surface area (Å²) in [6.45, 7) is 0.356. The standard InChI is InChI=1S/C20H17Cl2N3O3S/c1-25(13-14-8-10-23-11-9-14)20(26)15-2-7-18(22)19(12-15)29(27,28)24-17-5-3-16(21)4-6-17/h2-12,24H,13H2,1H3. The van der Waals surface area contributed by atoms with Crippen LogP contribution >= 0.6 is 23.2 Å². The summed E-state index contributed by atoms with van der Waals surface area (Å²) in [5.74, 6) is -0.332. The number of carbonyl (C=O) groups is 1. The number of benzene rings is 2. The molecule has 9 heteroatoms. The Morgan fingerprint density at radius 1 is 1.03 bits per heavy atom. The third-order valence-corrected chi connectivity index (χ3v) is 6.19. The van der Waals surface area contributed by atoms with Gasteiger partial charge in [0.15, 0.2) is 0 Å². The van der Waals surface area contributed by atoms with Gasteiger partial charge >= 0.3 is 0 Å². The fourth-order valence-corrected chi connectivity index (χ4v) is 4.34. The van der Waals surface area contributed by atoms with Gasteiger partial charge in [0, 0.05) is 42.3 Å². The Labute approximate surface area is 179 Å². The van der Waals surface area contributed by atoms with Crippen molar-refractivity contribution in [2.75, 3.05) is 11.8 Å². The number of hydrogen-bond acceptors (Lipinski definition) is 4. The number of nitrogens with one attached hydrogen (secondary N) is 1. The normalized spacial score (nSPS) is 11.1. The van der Waals surface area contributed by atoms with Gasteiger partial charge in [0.2, 0.25) is 0 Å². The average molecular weight is 450 g/mol. The molecule has 0 aliphatic carbocycles. The minimum atomic E-state index is -4.00. The Balaban J connectivity index is 1.85. The van der Waals surface area contributed by atoms with Crippen LogP contribution in [-0.4, -0.2) is 31.3 Å². The van der Waals surface area contributed by atoms with E-state index in [-0.39, 0.29) is 21.4 Å². The molecule has 1 heterocycles. The number of carbonyl (C=O) groups excluding carboxylic acids is 1. The molecular weight excluding hydrogens is 433 g/mol. The molecule has 3 rings (SSSR count). The van der Waals surface area contributed by atoms with E-state index in [9.17, 15) is 13.2 Å². The molecule has 29 heavy (non-hydrogen) atoms. The molecule has 0 bridgehead atoms. The van der Waals surface area contributed by atoms with Crippen LogP contribution in [0.3, 0.4) is 0 Å². The number of nitrogens with zero attached hydrogens (tertiary/aromatic N) is 2. The van der Waals surface area contributed by atoms with Crippen molar-refractivity contribution < 1.29 is 13.2 Å². The van der Waals surface area contributed by atoms with Crippen molar-refractivity contribution in [3.05, 3.63) is 88.2 Å². The Bertz CT molecular complexity index is 1120. The third kappa shape index (κ3) is 5.26. The summed E-state index contributed by atoms with van der Waals surface area (Å²) in [4.78, 5) is 18.0. The highest BCUT2D eigenvalue weighted by atomic mass is 35.5. The molecule has 0 saturated carbocycles. The van der Waals surface area contributed by atoms with E-state index in [2.05, 4.69) is 9.71 Å². The molecule has 1 amide bonds. The number of anilines is 1. The zero-order valence-corrected chi connectivity index (χ0v) is 17.7. The first-order valence-corrected chi connectivity index (χ1v) is 10.7.